The highest BCUT2D eigenvalue weighted by Crippen LogP contribution is 2.47. The van der Waals surface area contributed by atoms with Gasteiger partial charge in [0, 0.05) is 10.8 Å². The van der Waals surface area contributed by atoms with E-state index in [0.29, 0.717) is 12.1 Å². The molecule has 130 valence electrons. The van der Waals surface area contributed by atoms with Crippen molar-refractivity contribution in [1.29, 1.82) is 0 Å². The van der Waals surface area contributed by atoms with E-state index in [2.05, 4.69) is 0 Å². The molecule has 1 rings (SSSR count). The summed E-state index contributed by atoms with van der Waals surface area (Å²) in [5.41, 5.74) is -2.16. The molecule has 0 amide bonds. The molecule has 0 spiro atoms. The molecule has 1 aromatic carbocycles. The number of hydrogen-bond acceptors (Lipinski definition) is 2. The Bertz CT molecular complexity index is 638. The summed E-state index contributed by atoms with van der Waals surface area (Å²) >= 11 is 0. The average Bonchev–Trinajstić information content (AvgIpc) is 2.43. The molecule has 0 saturated heterocycles. The molecule has 0 saturated carbocycles. The van der Waals surface area contributed by atoms with Gasteiger partial charge in [0.2, 0.25) is 0 Å². The van der Waals surface area contributed by atoms with Crippen molar-refractivity contribution in [1.82, 2.24) is 0 Å². The second kappa shape index (κ2) is 6.54. The van der Waals surface area contributed by atoms with Crippen molar-refractivity contribution in [3.05, 3.63) is 28.8 Å². The number of carboxylic acids is 1. The van der Waals surface area contributed by atoms with Gasteiger partial charge in [-0.1, -0.05) is 26.8 Å². The predicted molar refractivity (Wildman–Crippen MR) is 74.3 cm³/mol. The topological polar surface area (TPSA) is 54.4 Å². The first kappa shape index (κ1) is 19.5. The van der Waals surface area contributed by atoms with Crippen molar-refractivity contribution in [3.63, 3.8) is 0 Å². The van der Waals surface area contributed by atoms with Gasteiger partial charge in [0.25, 0.3) is 0 Å². The fourth-order valence-corrected chi connectivity index (χ4v) is 3.43. The predicted octanol–water partition coefficient (Wildman–Crippen LogP) is 4.12. The standard InChI is InChI=1S/C14H15F5O3S/c1-4-8-9(12(20)21)5-6-10(11(8)23(22)7(2)3)13(15,16)14(17,18)19/h5-7H,4H2,1-3H3,(H,20,21)/t23-/m0/s1. The summed E-state index contributed by atoms with van der Waals surface area (Å²) in [7, 11) is -2.21. The molecule has 0 aliphatic heterocycles. The van der Waals surface area contributed by atoms with Gasteiger partial charge in [-0.2, -0.15) is 22.0 Å². The zero-order valence-corrected chi connectivity index (χ0v) is 13.3. The summed E-state index contributed by atoms with van der Waals surface area (Å²) in [5, 5.41) is 8.33. The molecule has 0 bridgehead atoms. The fourth-order valence-electron chi connectivity index (χ4n) is 2.04. The maximum Gasteiger partial charge on any atom is 0.458 e. The van der Waals surface area contributed by atoms with Gasteiger partial charge < -0.3 is 5.11 Å². The second-order valence-electron chi connectivity index (χ2n) is 5.05. The van der Waals surface area contributed by atoms with Crippen LogP contribution in [0.2, 0.25) is 0 Å². The average molecular weight is 358 g/mol. The molecule has 0 aliphatic rings. The van der Waals surface area contributed by atoms with Crippen molar-refractivity contribution in [2.75, 3.05) is 0 Å². The molecule has 0 fully saturated rings. The van der Waals surface area contributed by atoms with Crippen LogP contribution in [0.4, 0.5) is 22.0 Å². The minimum atomic E-state index is -5.88. The third-order valence-corrected chi connectivity index (χ3v) is 4.89. The molecule has 0 radical (unpaired) electrons. The van der Waals surface area contributed by atoms with E-state index >= 15 is 0 Å². The monoisotopic (exact) mass is 358 g/mol. The Labute approximate surface area is 132 Å². The Morgan fingerprint density at radius 2 is 1.74 bits per heavy atom. The first-order chi connectivity index (χ1) is 10.4. The summed E-state index contributed by atoms with van der Waals surface area (Å²) in [4.78, 5) is 10.4. The molecule has 9 heteroatoms. The number of aromatic carboxylic acids is 1. The van der Waals surface area contributed by atoms with Crippen molar-refractivity contribution in [2.24, 2.45) is 0 Å². The third-order valence-electron chi connectivity index (χ3n) is 3.17. The minimum Gasteiger partial charge on any atom is -0.478 e. The van der Waals surface area contributed by atoms with E-state index in [-0.39, 0.29) is 12.0 Å². The zero-order valence-electron chi connectivity index (χ0n) is 12.5. The highest BCUT2D eigenvalue weighted by molar-refractivity contribution is 7.85. The summed E-state index contributed by atoms with van der Waals surface area (Å²) < 4.78 is 78.0. The molecular formula is C14H15F5O3S. The summed E-state index contributed by atoms with van der Waals surface area (Å²) in [5.74, 6) is -6.71. The summed E-state index contributed by atoms with van der Waals surface area (Å²) in [6.07, 6.45) is -6.02. The van der Waals surface area contributed by atoms with Gasteiger partial charge in [0.05, 0.1) is 21.3 Å². The molecule has 1 N–H and O–H groups in total. The molecule has 0 aliphatic carbocycles. The highest BCUT2D eigenvalue weighted by atomic mass is 32.2. The van der Waals surface area contributed by atoms with Gasteiger partial charge in [0.1, 0.15) is 0 Å². The maximum absolute atomic E-state index is 13.8. The molecule has 1 aromatic rings. The second-order valence-corrected chi connectivity index (χ2v) is 6.99. The smallest absolute Gasteiger partial charge is 0.458 e. The van der Waals surface area contributed by atoms with E-state index in [9.17, 15) is 31.0 Å². The van der Waals surface area contributed by atoms with Crippen LogP contribution in [0, 0.1) is 0 Å². The number of rotatable bonds is 5. The van der Waals surface area contributed by atoms with E-state index in [4.69, 9.17) is 5.11 Å². The molecular weight excluding hydrogens is 343 g/mol. The summed E-state index contributed by atoms with van der Waals surface area (Å²) in [6, 6.07) is 1.09. The Morgan fingerprint density at radius 1 is 1.22 bits per heavy atom. The van der Waals surface area contributed by atoms with E-state index < -0.39 is 50.1 Å². The van der Waals surface area contributed by atoms with Gasteiger partial charge in [-0.3, -0.25) is 4.21 Å². The molecule has 0 aromatic heterocycles. The lowest BCUT2D eigenvalue weighted by Gasteiger charge is -2.25. The largest absolute Gasteiger partial charge is 0.478 e. The van der Waals surface area contributed by atoms with Gasteiger partial charge in [0.15, 0.2) is 0 Å². The first-order valence-electron chi connectivity index (χ1n) is 6.61. The van der Waals surface area contributed by atoms with Gasteiger partial charge in [-0.05, 0) is 18.1 Å². The van der Waals surface area contributed by atoms with Gasteiger partial charge in [-0.25, -0.2) is 4.79 Å². The van der Waals surface area contributed by atoms with Crippen molar-refractivity contribution < 1.29 is 36.1 Å². The molecule has 3 nitrogen and oxygen atoms in total. The number of carboxylic acid groups (broad SMARTS) is 1. The Kier molecular flexibility index (Phi) is 5.56. The number of carbonyl (C=O) groups is 1. The molecule has 0 unspecified atom stereocenters. The lowest BCUT2D eigenvalue weighted by molar-refractivity contribution is -0.290. The normalized spacial score (nSPS) is 14.1. The van der Waals surface area contributed by atoms with Crippen molar-refractivity contribution in [3.8, 4) is 0 Å². The van der Waals surface area contributed by atoms with E-state index in [0.717, 1.165) is 0 Å². The lowest BCUT2D eigenvalue weighted by atomic mass is 9.98. The molecule has 0 heterocycles. The third kappa shape index (κ3) is 3.54. The zero-order chi connectivity index (χ0) is 18.2. The lowest BCUT2D eigenvalue weighted by Crippen LogP contribution is -2.35. The molecule has 1 atom stereocenters. The van der Waals surface area contributed by atoms with Crippen LogP contribution in [-0.4, -0.2) is 26.7 Å². The van der Waals surface area contributed by atoms with Crippen LogP contribution in [0.25, 0.3) is 0 Å². The SMILES string of the molecule is CCc1c(C(=O)O)ccc(C(F)(F)C(F)(F)F)c1[S@@](=O)C(C)C. The van der Waals surface area contributed by atoms with Crippen LogP contribution in [0.15, 0.2) is 17.0 Å². The van der Waals surface area contributed by atoms with Crippen LogP contribution in [0.3, 0.4) is 0 Å². The Balaban J connectivity index is 3.86. The number of benzene rings is 1. The van der Waals surface area contributed by atoms with E-state index in [1.54, 1.807) is 0 Å². The van der Waals surface area contributed by atoms with Crippen LogP contribution in [0.1, 0.15) is 42.3 Å². The maximum atomic E-state index is 13.8. The minimum absolute atomic E-state index is 0.142. The Morgan fingerprint density at radius 3 is 2.09 bits per heavy atom. The van der Waals surface area contributed by atoms with Crippen LogP contribution in [0.5, 0.6) is 0 Å². The van der Waals surface area contributed by atoms with Crippen LogP contribution < -0.4 is 0 Å². The quantitative estimate of drug-likeness (QED) is 0.806. The highest BCUT2D eigenvalue weighted by Gasteiger charge is 2.60. The summed E-state index contributed by atoms with van der Waals surface area (Å²) in [6.45, 7) is 4.18. The van der Waals surface area contributed by atoms with E-state index in [1.165, 1.54) is 20.8 Å². The number of hydrogen-bond donors (Lipinski definition) is 1. The van der Waals surface area contributed by atoms with Crippen molar-refractivity contribution in [2.45, 2.75) is 49.4 Å². The Hall–Kier alpha value is -1.51. The van der Waals surface area contributed by atoms with Gasteiger partial charge in [-0.15, -0.1) is 0 Å². The van der Waals surface area contributed by atoms with Crippen LogP contribution in [-0.2, 0) is 23.1 Å². The van der Waals surface area contributed by atoms with Crippen molar-refractivity contribution >= 4 is 16.8 Å². The van der Waals surface area contributed by atoms with Crippen LogP contribution >= 0.6 is 0 Å². The van der Waals surface area contributed by atoms with Gasteiger partial charge >= 0.3 is 18.1 Å². The van der Waals surface area contributed by atoms with E-state index in [1.807, 2.05) is 0 Å². The first-order valence-corrected chi connectivity index (χ1v) is 7.82. The number of alkyl halides is 5. The number of halogens is 5. The fraction of sp³-hybridized carbons (Fsp3) is 0.500. The molecule has 23 heavy (non-hydrogen) atoms.